The van der Waals surface area contributed by atoms with Crippen molar-refractivity contribution in [3.63, 3.8) is 0 Å². The largest absolute Gasteiger partial charge is 0.408 e. The van der Waals surface area contributed by atoms with E-state index in [1.54, 1.807) is 72.8 Å². The van der Waals surface area contributed by atoms with Crippen molar-refractivity contribution < 1.29 is 18.0 Å². The van der Waals surface area contributed by atoms with E-state index in [0.29, 0.717) is 16.9 Å². The van der Waals surface area contributed by atoms with E-state index < -0.39 is 30.4 Å². The number of imidazole rings is 1. The first kappa shape index (κ1) is 23.3. The molecule has 1 N–H and O–H groups in total. The molecule has 0 saturated heterocycles. The van der Waals surface area contributed by atoms with Crippen molar-refractivity contribution in [3.05, 3.63) is 77.4 Å². The maximum atomic E-state index is 13.4. The lowest BCUT2D eigenvalue weighted by molar-refractivity contribution is -0.158. The molecule has 1 atom stereocenters. The highest BCUT2D eigenvalue weighted by molar-refractivity contribution is 5.84. The van der Waals surface area contributed by atoms with Gasteiger partial charge in [-0.2, -0.15) is 18.3 Å². The van der Waals surface area contributed by atoms with Gasteiger partial charge in [0.1, 0.15) is 18.4 Å². The number of carbonyl (C=O) groups excluding carboxylic acids is 1. The van der Waals surface area contributed by atoms with Crippen LogP contribution in [-0.2, 0) is 11.3 Å². The number of benzene rings is 1. The number of rotatable bonds is 5. The molecule has 0 fully saturated rings. The Labute approximate surface area is 201 Å². The molecule has 4 aromatic heterocycles. The van der Waals surface area contributed by atoms with E-state index in [0.717, 1.165) is 33.7 Å². The third-order valence-electron chi connectivity index (χ3n) is 5.94. The lowest BCUT2D eigenvalue weighted by Gasteiger charge is -2.17. The minimum Gasteiger partial charge on any atom is -0.343 e. The first-order valence-corrected chi connectivity index (χ1v) is 11.0. The Morgan fingerprint density at radius 2 is 1.92 bits per heavy atom. The first-order valence-electron chi connectivity index (χ1n) is 11.0. The Morgan fingerprint density at radius 1 is 1.11 bits per heavy atom. The number of hydrogen-bond acceptors (Lipinski definition) is 5. The van der Waals surface area contributed by atoms with Gasteiger partial charge in [0.25, 0.3) is 0 Å². The average molecular weight is 495 g/mol. The first-order chi connectivity index (χ1) is 17.1. The molecular weight excluding hydrogens is 475 g/mol. The van der Waals surface area contributed by atoms with E-state index in [1.165, 1.54) is 4.57 Å². The van der Waals surface area contributed by atoms with Gasteiger partial charge in [0.15, 0.2) is 0 Å². The quantitative estimate of drug-likeness (QED) is 0.404. The van der Waals surface area contributed by atoms with Crippen LogP contribution in [0.3, 0.4) is 0 Å². The fourth-order valence-electron chi connectivity index (χ4n) is 4.08. The Balaban J connectivity index is 1.55. The smallest absolute Gasteiger partial charge is 0.343 e. The maximum Gasteiger partial charge on any atom is 0.408 e. The van der Waals surface area contributed by atoms with E-state index in [4.69, 9.17) is 0 Å². The van der Waals surface area contributed by atoms with Crippen molar-refractivity contribution in [2.75, 3.05) is 0 Å². The standard InChI is InChI=1S/C24H20F3N7O2/c1-14-4-3-5-18-22(14)34(23(36)32(18)13-21(35)31-15(2)24(25,26)27)20-7-6-16(10-29-20)17-11-30-33-9-8-28-12-19(17)33/h3-12,15H,13H2,1-2H3,(H,31,35)/t15-/m1/s1. The summed E-state index contributed by atoms with van der Waals surface area (Å²) < 4.78 is 42.8. The van der Waals surface area contributed by atoms with Gasteiger partial charge >= 0.3 is 11.9 Å². The summed E-state index contributed by atoms with van der Waals surface area (Å²) in [5, 5.41) is 6.19. The Kier molecular flexibility index (Phi) is 5.58. The van der Waals surface area contributed by atoms with Crippen LogP contribution < -0.4 is 11.0 Å². The van der Waals surface area contributed by atoms with Gasteiger partial charge < -0.3 is 5.32 Å². The summed E-state index contributed by atoms with van der Waals surface area (Å²) in [6, 6.07) is 6.57. The predicted molar refractivity (Wildman–Crippen MR) is 126 cm³/mol. The van der Waals surface area contributed by atoms with Gasteiger partial charge in [0.05, 0.1) is 28.9 Å². The van der Waals surface area contributed by atoms with E-state index >= 15 is 0 Å². The van der Waals surface area contributed by atoms with Crippen LogP contribution in [0.4, 0.5) is 13.2 Å². The molecule has 0 spiro atoms. The molecule has 9 nitrogen and oxygen atoms in total. The molecule has 0 aliphatic heterocycles. The highest BCUT2D eigenvalue weighted by atomic mass is 19.4. The van der Waals surface area contributed by atoms with Crippen LogP contribution in [0.2, 0.25) is 0 Å². The lowest BCUT2D eigenvalue weighted by atomic mass is 10.1. The molecule has 1 amide bonds. The van der Waals surface area contributed by atoms with Gasteiger partial charge in [-0.3, -0.25) is 14.3 Å². The van der Waals surface area contributed by atoms with E-state index in [9.17, 15) is 22.8 Å². The minimum atomic E-state index is -4.59. The molecule has 0 radical (unpaired) electrons. The van der Waals surface area contributed by atoms with Gasteiger partial charge in [0, 0.05) is 29.7 Å². The van der Waals surface area contributed by atoms with Crippen LogP contribution in [0.1, 0.15) is 12.5 Å². The van der Waals surface area contributed by atoms with Crippen molar-refractivity contribution in [1.29, 1.82) is 0 Å². The SMILES string of the molecule is Cc1cccc2c1n(-c1ccc(-c3cnn4ccncc34)cn1)c(=O)n2CC(=O)N[C@H](C)C(F)(F)F. The summed E-state index contributed by atoms with van der Waals surface area (Å²) in [4.78, 5) is 34.4. The van der Waals surface area contributed by atoms with Crippen LogP contribution >= 0.6 is 0 Å². The summed E-state index contributed by atoms with van der Waals surface area (Å²) >= 11 is 0. The van der Waals surface area contributed by atoms with Gasteiger partial charge in [0.2, 0.25) is 5.91 Å². The normalized spacial score (nSPS) is 12.8. The Bertz CT molecular complexity index is 1650. The van der Waals surface area contributed by atoms with Crippen LogP contribution in [0, 0.1) is 6.92 Å². The average Bonchev–Trinajstić information content (AvgIpc) is 3.39. The highest BCUT2D eigenvalue weighted by Crippen LogP contribution is 2.26. The van der Waals surface area contributed by atoms with Gasteiger partial charge in [-0.25, -0.2) is 18.9 Å². The van der Waals surface area contributed by atoms with E-state index in [1.807, 2.05) is 5.32 Å². The third kappa shape index (κ3) is 4.00. The van der Waals surface area contributed by atoms with Crippen LogP contribution in [0.15, 0.2) is 66.1 Å². The summed E-state index contributed by atoms with van der Waals surface area (Å²) in [6.07, 6.45) is 3.74. The molecular formula is C24H20F3N7O2. The third-order valence-corrected chi connectivity index (χ3v) is 5.94. The number of pyridine rings is 1. The summed E-state index contributed by atoms with van der Waals surface area (Å²) in [5.74, 6) is -0.618. The number of alkyl halides is 3. The van der Waals surface area contributed by atoms with Crippen molar-refractivity contribution in [3.8, 4) is 16.9 Å². The molecule has 0 aliphatic carbocycles. The fourth-order valence-corrected chi connectivity index (χ4v) is 4.08. The number of fused-ring (bicyclic) bond motifs is 2. The number of halogens is 3. The van der Waals surface area contributed by atoms with Crippen molar-refractivity contribution in [2.24, 2.45) is 0 Å². The zero-order chi connectivity index (χ0) is 25.6. The molecule has 0 bridgehead atoms. The van der Waals surface area contributed by atoms with E-state index in [-0.39, 0.29) is 0 Å². The van der Waals surface area contributed by atoms with Crippen molar-refractivity contribution in [1.82, 2.24) is 34.0 Å². The topological polar surface area (TPSA) is 99.1 Å². The highest BCUT2D eigenvalue weighted by Gasteiger charge is 2.37. The van der Waals surface area contributed by atoms with Gasteiger partial charge in [-0.15, -0.1) is 0 Å². The summed E-state index contributed by atoms with van der Waals surface area (Å²) in [7, 11) is 0. The second kappa shape index (κ2) is 8.63. The predicted octanol–water partition coefficient (Wildman–Crippen LogP) is 3.27. The van der Waals surface area contributed by atoms with Crippen LogP contribution in [-0.4, -0.2) is 46.8 Å². The van der Waals surface area contributed by atoms with Crippen LogP contribution in [0.5, 0.6) is 0 Å². The second-order valence-electron chi connectivity index (χ2n) is 8.35. The molecule has 12 heteroatoms. The summed E-state index contributed by atoms with van der Waals surface area (Å²) in [5.41, 5.74) is 3.44. The van der Waals surface area contributed by atoms with Crippen LogP contribution in [0.25, 0.3) is 33.5 Å². The minimum absolute atomic E-state index is 0.306. The number of hydrogen-bond donors (Lipinski definition) is 1. The number of aromatic nitrogens is 6. The van der Waals surface area contributed by atoms with Crippen molar-refractivity contribution >= 4 is 22.5 Å². The van der Waals surface area contributed by atoms with E-state index in [2.05, 4.69) is 15.1 Å². The monoisotopic (exact) mass is 495 g/mol. The maximum absolute atomic E-state index is 13.4. The van der Waals surface area contributed by atoms with Gasteiger partial charge in [-0.05, 0) is 37.6 Å². The second-order valence-corrected chi connectivity index (χ2v) is 8.35. The molecule has 4 heterocycles. The fraction of sp³-hybridized carbons (Fsp3) is 0.208. The number of aryl methyl sites for hydroxylation is 1. The number of nitrogens with zero attached hydrogens (tertiary/aromatic N) is 6. The molecule has 1 aromatic carbocycles. The number of nitrogens with one attached hydrogen (secondary N) is 1. The number of carbonyl (C=O) groups is 1. The van der Waals surface area contributed by atoms with Crippen molar-refractivity contribution in [2.45, 2.75) is 32.6 Å². The zero-order valence-corrected chi connectivity index (χ0v) is 19.2. The number of amides is 1. The Hall–Kier alpha value is -4.48. The Morgan fingerprint density at radius 3 is 2.64 bits per heavy atom. The zero-order valence-electron chi connectivity index (χ0n) is 19.2. The molecule has 0 aliphatic rings. The lowest BCUT2D eigenvalue weighted by Crippen LogP contribution is -2.45. The molecule has 5 aromatic rings. The number of para-hydroxylation sites is 1. The summed E-state index contributed by atoms with van der Waals surface area (Å²) in [6.45, 7) is 2.08. The molecule has 184 valence electrons. The molecule has 5 rings (SSSR count). The molecule has 0 unspecified atom stereocenters. The molecule has 0 saturated carbocycles. The molecule has 36 heavy (non-hydrogen) atoms. The van der Waals surface area contributed by atoms with Gasteiger partial charge in [-0.1, -0.05) is 12.1 Å².